The van der Waals surface area contributed by atoms with Crippen molar-refractivity contribution in [3.8, 4) is 0 Å². The summed E-state index contributed by atoms with van der Waals surface area (Å²) in [5.41, 5.74) is 0. The van der Waals surface area contributed by atoms with Gasteiger partial charge in [-0.1, -0.05) is 0 Å². The minimum atomic E-state index is -0.975. The van der Waals surface area contributed by atoms with Crippen LogP contribution in [0.5, 0.6) is 0 Å². The third-order valence-electron chi connectivity index (χ3n) is 0.337. The van der Waals surface area contributed by atoms with E-state index >= 15 is 0 Å². The van der Waals surface area contributed by atoms with Crippen LogP contribution in [0, 0.1) is 0 Å². The molecule has 0 aliphatic rings. The summed E-state index contributed by atoms with van der Waals surface area (Å²) in [6.45, 7) is 2.62. The normalized spacial score (nSPS) is 11.4. The number of aliphatic hydroxyl groups excluding tert-OH is 1. The van der Waals surface area contributed by atoms with Crippen molar-refractivity contribution in [1.82, 2.24) is 0 Å². The molecule has 44 valence electrons. The average Bonchev–Trinajstić information content (AvgIpc) is 1.27. The summed E-state index contributed by atoms with van der Waals surface area (Å²) < 4.78 is 4.17. The molecule has 0 aromatic rings. The predicted octanol–water partition coefficient (Wildman–Crippen LogP) is -0.761. The van der Waals surface area contributed by atoms with Gasteiger partial charge in [0.05, 0.1) is 0 Å². The first-order valence-electron chi connectivity index (χ1n) is 1.98. The van der Waals surface area contributed by atoms with Crippen LogP contribution >= 0.6 is 0 Å². The number of aliphatic hydroxyl groups is 1. The molecular formula is C4H9NaO3. The van der Waals surface area contributed by atoms with Crippen LogP contribution in [0.1, 0.15) is 13.8 Å². The Morgan fingerprint density at radius 1 is 1.75 bits per heavy atom. The molecule has 8 heavy (non-hydrogen) atoms. The van der Waals surface area contributed by atoms with Crippen molar-refractivity contribution in [2.24, 2.45) is 0 Å². The number of esters is 1. The third-order valence-corrected chi connectivity index (χ3v) is 0.337. The number of carbonyl (C=O) groups is 1. The Morgan fingerprint density at radius 2 is 2.12 bits per heavy atom. The third kappa shape index (κ3) is 9.66. The van der Waals surface area contributed by atoms with Crippen molar-refractivity contribution in [3.05, 3.63) is 0 Å². The van der Waals surface area contributed by atoms with E-state index in [0.29, 0.717) is 0 Å². The molecule has 4 heteroatoms. The van der Waals surface area contributed by atoms with Gasteiger partial charge in [-0.3, -0.25) is 4.79 Å². The maximum absolute atomic E-state index is 9.87. The Hall–Kier alpha value is 0.430. The zero-order valence-electron chi connectivity index (χ0n) is 4.34. The molecule has 1 N–H and O–H groups in total. The fourth-order valence-electron chi connectivity index (χ4n) is 0.240. The molecule has 0 heterocycles. The molecule has 0 saturated carbocycles. The van der Waals surface area contributed by atoms with E-state index in [1.54, 1.807) is 0 Å². The molecule has 0 aromatic carbocycles. The second kappa shape index (κ2) is 5.56. The molecule has 0 radical (unpaired) electrons. The quantitative estimate of drug-likeness (QED) is 0.287. The van der Waals surface area contributed by atoms with Crippen LogP contribution in [-0.4, -0.2) is 46.9 Å². The van der Waals surface area contributed by atoms with Crippen LogP contribution in [-0.2, 0) is 9.53 Å². The van der Waals surface area contributed by atoms with Gasteiger partial charge in [-0.25, -0.2) is 0 Å². The Kier molecular flexibility index (Phi) is 7.83. The molecule has 0 aliphatic carbocycles. The molecular weight excluding hydrogens is 119 g/mol. The molecule has 0 bridgehead atoms. The first-order chi connectivity index (χ1) is 3.13. The summed E-state index contributed by atoms with van der Waals surface area (Å²) in [6.07, 6.45) is -0.975. The molecule has 1 atom stereocenters. The van der Waals surface area contributed by atoms with Crippen LogP contribution in [0.3, 0.4) is 0 Å². The second-order valence-corrected chi connectivity index (χ2v) is 1.21. The summed E-state index contributed by atoms with van der Waals surface area (Å²) in [4.78, 5) is 9.87. The summed E-state index contributed by atoms with van der Waals surface area (Å²) in [5.74, 6) is -0.463. The van der Waals surface area contributed by atoms with E-state index in [4.69, 9.17) is 5.11 Å². The van der Waals surface area contributed by atoms with E-state index in [1.165, 1.54) is 13.8 Å². The van der Waals surface area contributed by atoms with Gasteiger partial charge in [0, 0.05) is 6.92 Å². The standard InChI is InChI=1S/C4H8O3.Na.H/c1-3(5)7-4(2)6;;/h3,5H,1-2H3;;. The molecule has 3 nitrogen and oxygen atoms in total. The number of ether oxygens (including phenoxy) is 1. The van der Waals surface area contributed by atoms with Gasteiger partial charge < -0.3 is 9.84 Å². The van der Waals surface area contributed by atoms with Crippen LogP contribution < -0.4 is 0 Å². The van der Waals surface area contributed by atoms with Gasteiger partial charge in [-0.05, 0) is 6.92 Å². The van der Waals surface area contributed by atoms with E-state index in [-0.39, 0.29) is 29.6 Å². The molecule has 0 aliphatic heterocycles. The SMILES string of the molecule is CC(=O)OC(C)O.[NaH]. The van der Waals surface area contributed by atoms with E-state index in [1.807, 2.05) is 0 Å². The van der Waals surface area contributed by atoms with Gasteiger partial charge in [0.2, 0.25) is 0 Å². The van der Waals surface area contributed by atoms with E-state index < -0.39 is 12.3 Å². The van der Waals surface area contributed by atoms with Crippen molar-refractivity contribution >= 4 is 35.5 Å². The Labute approximate surface area is 70.3 Å². The molecule has 0 spiro atoms. The fourth-order valence-corrected chi connectivity index (χ4v) is 0.240. The molecule has 1 unspecified atom stereocenters. The predicted molar refractivity (Wildman–Crippen MR) is 30.6 cm³/mol. The molecule has 0 aromatic heterocycles. The summed E-state index contributed by atoms with van der Waals surface area (Å²) in [5, 5.41) is 8.28. The Bertz CT molecular complexity index is 71.7. The van der Waals surface area contributed by atoms with Crippen molar-refractivity contribution in [2.45, 2.75) is 20.1 Å². The fraction of sp³-hybridized carbons (Fsp3) is 0.750. The zero-order chi connectivity index (χ0) is 5.86. The van der Waals surface area contributed by atoms with Gasteiger partial charge >= 0.3 is 35.5 Å². The van der Waals surface area contributed by atoms with Gasteiger partial charge in [0.15, 0.2) is 6.29 Å². The Morgan fingerprint density at radius 3 is 2.12 bits per heavy atom. The van der Waals surface area contributed by atoms with E-state index in [9.17, 15) is 4.79 Å². The van der Waals surface area contributed by atoms with Crippen LogP contribution in [0.2, 0.25) is 0 Å². The van der Waals surface area contributed by atoms with Crippen molar-refractivity contribution in [2.75, 3.05) is 0 Å². The van der Waals surface area contributed by atoms with Crippen molar-refractivity contribution in [3.63, 3.8) is 0 Å². The minimum absolute atomic E-state index is 0. The van der Waals surface area contributed by atoms with Crippen LogP contribution in [0.25, 0.3) is 0 Å². The monoisotopic (exact) mass is 128 g/mol. The first kappa shape index (κ1) is 11.3. The number of rotatable bonds is 1. The number of carbonyl (C=O) groups excluding carboxylic acids is 1. The van der Waals surface area contributed by atoms with Gasteiger partial charge in [-0.2, -0.15) is 0 Å². The number of hydrogen-bond acceptors (Lipinski definition) is 3. The van der Waals surface area contributed by atoms with Crippen molar-refractivity contribution < 1.29 is 14.6 Å². The Balaban J connectivity index is 0. The van der Waals surface area contributed by atoms with Crippen LogP contribution in [0.15, 0.2) is 0 Å². The summed E-state index contributed by atoms with van der Waals surface area (Å²) >= 11 is 0. The maximum atomic E-state index is 9.87. The first-order valence-corrected chi connectivity index (χ1v) is 1.98. The topological polar surface area (TPSA) is 46.5 Å². The summed E-state index contributed by atoms with van der Waals surface area (Å²) in [7, 11) is 0. The molecule has 0 saturated heterocycles. The zero-order valence-corrected chi connectivity index (χ0v) is 4.34. The van der Waals surface area contributed by atoms with E-state index in [2.05, 4.69) is 4.74 Å². The van der Waals surface area contributed by atoms with Gasteiger partial charge in [0.1, 0.15) is 0 Å². The van der Waals surface area contributed by atoms with Crippen molar-refractivity contribution in [1.29, 1.82) is 0 Å². The van der Waals surface area contributed by atoms with Gasteiger partial charge in [0.25, 0.3) is 0 Å². The molecule has 0 rings (SSSR count). The van der Waals surface area contributed by atoms with E-state index in [0.717, 1.165) is 0 Å². The molecule has 0 fully saturated rings. The average molecular weight is 128 g/mol. The summed E-state index contributed by atoms with van der Waals surface area (Å²) in [6, 6.07) is 0. The van der Waals surface area contributed by atoms with Crippen LogP contribution in [0.4, 0.5) is 0 Å². The number of hydrogen-bond donors (Lipinski definition) is 1. The van der Waals surface area contributed by atoms with Gasteiger partial charge in [-0.15, -0.1) is 0 Å². The second-order valence-electron chi connectivity index (χ2n) is 1.21. The molecule has 0 amide bonds.